The number of alkyl halides is 3. The van der Waals surface area contributed by atoms with Crippen molar-refractivity contribution >= 4 is 17.5 Å². The van der Waals surface area contributed by atoms with Crippen LogP contribution in [0.1, 0.15) is 21.6 Å². The Bertz CT molecular complexity index is 996. The number of pyridine rings is 1. The Labute approximate surface area is 150 Å². The van der Waals surface area contributed by atoms with Crippen LogP contribution in [0.3, 0.4) is 0 Å². The van der Waals surface area contributed by atoms with Gasteiger partial charge in [0.2, 0.25) is 0 Å². The molecule has 10 heteroatoms. The van der Waals surface area contributed by atoms with Crippen LogP contribution < -0.4 is 11.1 Å². The van der Waals surface area contributed by atoms with Crippen LogP contribution in [0.25, 0.3) is 5.69 Å². The minimum atomic E-state index is -4.53. The van der Waals surface area contributed by atoms with Gasteiger partial charge >= 0.3 is 6.18 Å². The molecule has 0 saturated heterocycles. The standard InChI is InChI=1S/C17H13F4N5O/c1-9-11(18)3-2-4-12(9)26-8-24-14(15(26)22)16(27)25-13-6-5-10(7-23-13)17(19,20)21/h2-8H,22H2,1H3,(H,23,25,27). The molecule has 140 valence electrons. The quantitative estimate of drug-likeness (QED) is 0.682. The number of rotatable bonds is 3. The molecule has 0 fully saturated rings. The van der Waals surface area contributed by atoms with Gasteiger partial charge in [-0.25, -0.2) is 14.4 Å². The summed E-state index contributed by atoms with van der Waals surface area (Å²) in [6.07, 6.45) is -2.67. The van der Waals surface area contributed by atoms with Gasteiger partial charge in [-0.2, -0.15) is 13.2 Å². The fourth-order valence-electron chi connectivity index (χ4n) is 2.39. The number of aromatic nitrogens is 3. The Morgan fingerprint density at radius 2 is 1.93 bits per heavy atom. The average Bonchev–Trinajstić information content (AvgIpc) is 2.98. The van der Waals surface area contributed by atoms with Crippen LogP contribution in [0.2, 0.25) is 0 Å². The maximum Gasteiger partial charge on any atom is 0.417 e. The number of carbonyl (C=O) groups excluding carboxylic acids is 1. The minimum Gasteiger partial charge on any atom is -0.383 e. The summed E-state index contributed by atoms with van der Waals surface area (Å²) in [6.45, 7) is 1.55. The Kier molecular flexibility index (Phi) is 4.56. The van der Waals surface area contributed by atoms with Crippen molar-refractivity contribution in [1.29, 1.82) is 0 Å². The van der Waals surface area contributed by atoms with E-state index in [1.54, 1.807) is 13.0 Å². The second-order valence-corrected chi connectivity index (χ2v) is 5.62. The van der Waals surface area contributed by atoms with Crippen molar-refractivity contribution in [2.24, 2.45) is 0 Å². The molecule has 6 nitrogen and oxygen atoms in total. The van der Waals surface area contributed by atoms with Crippen LogP contribution in [-0.4, -0.2) is 20.4 Å². The molecule has 3 rings (SSSR count). The Morgan fingerprint density at radius 1 is 1.19 bits per heavy atom. The van der Waals surface area contributed by atoms with Crippen molar-refractivity contribution < 1.29 is 22.4 Å². The third-order valence-corrected chi connectivity index (χ3v) is 3.85. The molecule has 0 aliphatic heterocycles. The third-order valence-electron chi connectivity index (χ3n) is 3.85. The number of amides is 1. The highest BCUT2D eigenvalue weighted by molar-refractivity contribution is 6.05. The summed E-state index contributed by atoms with van der Waals surface area (Å²) in [5, 5.41) is 2.32. The van der Waals surface area contributed by atoms with E-state index >= 15 is 0 Å². The molecule has 0 aliphatic rings. The first-order valence-corrected chi connectivity index (χ1v) is 7.61. The molecule has 2 heterocycles. The molecular formula is C17H13F4N5O. The van der Waals surface area contributed by atoms with Crippen molar-refractivity contribution in [3.63, 3.8) is 0 Å². The lowest BCUT2D eigenvalue weighted by atomic mass is 10.2. The second kappa shape index (κ2) is 6.71. The van der Waals surface area contributed by atoms with Gasteiger partial charge in [0.25, 0.3) is 5.91 Å². The lowest BCUT2D eigenvalue weighted by Gasteiger charge is -2.10. The predicted molar refractivity (Wildman–Crippen MR) is 89.9 cm³/mol. The number of hydrogen-bond donors (Lipinski definition) is 2. The van der Waals surface area contributed by atoms with E-state index in [2.05, 4.69) is 15.3 Å². The summed E-state index contributed by atoms with van der Waals surface area (Å²) >= 11 is 0. The van der Waals surface area contributed by atoms with Gasteiger partial charge in [-0.1, -0.05) is 6.07 Å². The number of carbonyl (C=O) groups is 1. The van der Waals surface area contributed by atoms with Gasteiger partial charge in [0.1, 0.15) is 23.8 Å². The molecular weight excluding hydrogens is 366 g/mol. The topological polar surface area (TPSA) is 85.8 Å². The molecule has 0 saturated carbocycles. The number of nitrogens with one attached hydrogen (secondary N) is 1. The van der Waals surface area contributed by atoms with E-state index < -0.39 is 23.5 Å². The van der Waals surface area contributed by atoms with E-state index in [1.807, 2.05) is 0 Å². The molecule has 0 radical (unpaired) electrons. The molecule has 0 bridgehead atoms. The summed E-state index contributed by atoms with van der Waals surface area (Å²) in [6, 6.07) is 6.19. The van der Waals surface area contributed by atoms with E-state index in [9.17, 15) is 22.4 Å². The zero-order valence-electron chi connectivity index (χ0n) is 13.9. The Morgan fingerprint density at radius 3 is 2.56 bits per heavy atom. The zero-order chi connectivity index (χ0) is 19.8. The van der Waals surface area contributed by atoms with Crippen LogP contribution in [-0.2, 0) is 6.18 Å². The van der Waals surface area contributed by atoms with Crippen molar-refractivity contribution in [3.05, 3.63) is 65.5 Å². The maximum atomic E-state index is 13.7. The number of nitrogens with two attached hydrogens (primary N) is 1. The molecule has 0 spiro atoms. The summed E-state index contributed by atoms with van der Waals surface area (Å²) in [4.78, 5) is 19.8. The number of anilines is 2. The van der Waals surface area contributed by atoms with E-state index in [4.69, 9.17) is 5.73 Å². The Balaban J connectivity index is 1.84. The van der Waals surface area contributed by atoms with Crippen LogP contribution in [0.4, 0.5) is 29.2 Å². The summed E-state index contributed by atoms with van der Waals surface area (Å²) in [7, 11) is 0. The first-order chi connectivity index (χ1) is 12.7. The summed E-state index contributed by atoms with van der Waals surface area (Å²) in [5.41, 5.74) is 5.56. The van der Waals surface area contributed by atoms with Gasteiger partial charge in [0, 0.05) is 11.8 Å². The van der Waals surface area contributed by atoms with Gasteiger partial charge in [-0.05, 0) is 31.2 Å². The van der Waals surface area contributed by atoms with E-state index in [1.165, 1.54) is 23.0 Å². The highest BCUT2D eigenvalue weighted by Gasteiger charge is 2.30. The molecule has 3 aromatic rings. The van der Waals surface area contributed by atoms with Crippen molar-refractivity contribution in [2.75, 3.05) is 11.1 Å². The van der Waals surface area contributed by atoms with E-state index in [0.29, 0.717) is 17.4 Å². The largest absolute Gasteiger partial charge is 0.417 e. The monoisotopic (exact) mass is 379 g/mol. The second-order valence-electron chi connectivity index (χ2n) is 5.62. The number of nitrogen functional groups attached to an aromatic ring is 1. The molecule has 0 atom stereocenters. The first-order valence-electron chi connectivity index (χ1n) is 7.61. The fraction of sp³-hybridized carbons (Fsp3) is 0.118. The number of halogens is 4. The van der Waals surface area contributed by atoms with Crippen LogP contribution >= 0.6 is 0 Å². The number of imidazole rings is 1. The average molecular weight is 379 g/mol. The molecule has 1 aromatic carbocycles. The van der Waals surface area contributed by atoms with E-state index in [-0.39, 0.29) is 17.3 Å². The first kappa shape index (κ1) is 18.4. The molecule has 1 amide bonds. The number of hydrogen-bond acceptors (Lipinski definition) is 4. The lowest BCUT2D eigenvalue weighted by molar-refractivity contribution is -0.137. The maximum absolute atomic E-state index is 13.7. The summed E-state index contributed by atoms with van der Waals surface area (Å²) < 4.78 is 52.7. The van der Waals surface area contributed by atoms with E-state index in [0.717, 1.165) is 12.1 Å². The van der Waals surface area contributed by atoms with Gasteiger partial charge in [-0.3, -0.25) is 9.36 Å². The van der Waals surface area contributed by atoms with Gasteiger partial charge in [0.15, 0.2) is 5.69 Å². The van der Waals surface area contributed by atoms with Crippen molar-refractivity contribution in [3.8, 4) is 5.69 Å². The number of nitrogens with zero attached hydrogens (tertiary/aromatic N) is 3. The highest BCUT2D eigenvalue weighted by atomic mass is 19.4. The van der Waals surface area contributed by atoms with Crippen LogP contribution in [0.15, 0.2) is 42.9 Å². The minimum absolute atomic E-state index is 0.0480. The normalized spacial score (nSPS) is 11.4. The SMILES string of the molecule is Cc1c(F)cccc1-n1cnc(C(=O)Nc2ccc(C(F)(F)F)cn2)c1N. The molecule has 3 N–H and O–H groups in total. The zero-order valence-corrected chi connectivity index (χ0v) is 13.9. The smallest absolute Gasteiger partial charge is 0.383 e. The van der Waals surface area contributed by atoms with Gasteiger partial charge < -0.3 is 11.1 Å². The molecule has 2 aromatic heterocycles. The predicted octanol–water partition coefficient (Wildman–Crippen LogP) is 3.57. The van der Waals surface area contributed by atoms with Gasteiger partial charge in [-0.15, -0.1) is 0 Å². The van der Waals surface area contributed by atoms with Crippen molar-refractivity contribution in [1.82, 2.24) is 14.5 Å². The van der Waals surface area contributed by atoms with Crippen LogP contribution in [0.5, 0.6) is 0 Å². The molecule has 0 aliphatic carbocycles. The number of benzene rings is 1. The Hall–Kier alpha value is -3.43. The lowest BCUT2D eigenvalue weighted by Crippen LogP contribution is -2.16. The summed E-state index contributed by atoms with van der Waals surface area (Å²) in [5.74, 6) is -1.34. The highest BCUT2D eigenvalue weighted by Crippen LogP contribution is 2.29. The third kappa shape index (κ3) is 3.59. The molecule has 27 heavy (non-hydrogen) atoms. The van der Waals surface area contributed by atoms with Crippen LogP contribution in [0, 0.1) is 12.7 Å². The fourth-order valence-corrected chi connectivity index (χ4v) is 2.39. The van der Waals surface area contributed by atoms with Crippen molar-refractivity contribution in [2.45, 2.75) is 13.1 Å². The van der Waals surface area contributed by atoms with Gasteiger partial charge in [0.05, 0.1) is 11.3 Å². The molecule has 0 unspecified atom stereocenters.